The van der Waals surface area contributed by atoms with E-state index in [4.69, 9.17) is 4.74 Å². The summed E-state index contributed by atoms with van der Waals surface area (Å²) in [5, 5.41) is 0. The molecule has 0 unspecified atom stereocenters. The molecule has 0 aliphatic rings. The number of hydrogen-bond donors (Lipinski definition) is 0. The topological polar surface area (TPSA) is 26.3 Å². The highest BCUT2D eigenvalue weighted by Crippen LogP contribution is 2.21. The van der Waals surface area contributed by atoms with Gasteiger partial charge in [0.1, 0.15) is 18.2 Å². The third kappa shape index (κ3) is 3.07. The summed E-state index contributed by atoms with van der Waals surface area (Å²) in [7, 11) is 0. The molecule has 0 amide bonds. The van der Waals surface area contributed by atoms with Crippen LogP contribution in [-0.2, 0) is 6.61 Å². The molecule has 0 aromatic heterocycles. The van der Waals surface area contributed by atoms with E-state index >= 15 is 0 Å². The lowest BCUT2D eigenvalue weighted by Gasteiger charge is -2.09. The Kier molecular flexibility index (Phi) is 4.30. The summed E-state index contributed by atoms with van der Waals surface area (Å²) in [4.78, 5) is 10.8. The summed E-state index contributed by atoms with van der Waals surface area (Å²) in [5.41, 5.74) is 1.35. The number of carbonyl (C=O) groups is 1. The van der Waals surface area contributed by atoms with Gasteiger partial charge in [0.05, 0.1) is 5.56 Å². The molecule has 0 N–H and O–H groups in total. The first-order chi connectivity index (χ1) is 8.70. The SMILES string of the molecule is O=Cc1ccc(F)cc1OCc1ccccc1I. The van der Waals surface area contributed by atoms with Crippen LogP contribution in [0.15, 0.2) is 42.5 Å². The van der Waals surface area contributed by atoms with Crippen LogP contribution in [0.5, 0.6) is 5.75 Å². The molecule has 18 heavy (non-hydrogen) atoms. The van der Waals surface area contributed by atoms with Gasteiger partial charge in [-0.15, -0.1) is 0 Å². The van der Waals surface area contributed by atoms with Gasteiger partial charge in [-0.1, -0.05) is 18.2 Å². The minimum absolute atomic E-state index is 0.268. The number of benzene rings is 2. The summed E-state index contributed by atoms with van der Waals surface area (Å²) in [5.74, 6) is -0.150. The second kappa shape index (κ2) is 5.95. The van der Waals surface area contributed by atoms with Crippen LogP contribution in [-0.4, -0.2) is 6.29 Å². The number of aldehydes is 1. The third-order valence-electron chi connectivity index (χ3n) is 2.44. The van der Waals surface area contributed by atoms with Crippen molar-refractivity contribution in [3.63, 3.8) is 0 Å². The van der Waals surface area contributed by atoms with Crippen LogP contribution in [0, 0.1) is 9.39 Å². The Bertz CT molecular complexity index is 569. The van der Waals surface area contributed by atoms with Gasteiger partial charge in [0.2, 0.25) is 0 Å². The molecular formula is C14H10FIO2. The normalized spacial score (nSPS) is 10.1. The van der Waals surface area contributed by atoms with Gasteiger partial charge < -0.3 is 4.74 Å². The molecule has 0 fully saturated rings. The molecule has 0 heterocycles. The minimum Gasteiger partial charge on any atom is -0.488 e. The van der Waals surface area contributed by atoms with Crippen molar-refractivity contribution in [3.05, 3.63) is 63.0 Å². The van der Waals surface area contributed by atoms with Crippen molar-refractivity contribution < 1.29 is 13.9 Å². The van der Waals surface area contributed by atoms with Crippen LogP contribution in [0.2, 0.25) is 0 Å². The van der Waals surface area contributed by atoms with Crippen molar-refractivity contribution in [1.29, 1.82) is 0 Å². The van der Waals surface area contributed by atoms with Crippen molar-refractivity contribution in [2.45, 2.75) is 6.61 Å². The Morgan fingerprint density at radius 2 is 2.00 bits per heavy atom. The molecule has 0 saturated heterocycles. The fourth-order valence-electron chi connectivity index (χ4n) is 1.50. The summed E-state index contributed by atoms with van der Waals surface area (Å²) in [6.45, 7) is 0.309. The Morgan fingerprint density at radius 3 is 2.72 bits per heavy atom. The van der Waals surface area contributed by atoms with Gasteiger partial charge in [0.25, 0.3) is 0 Å². The number of carbonyl (C=O) groups excluding carboxylic acids is 1. The fraction of sp³-hybridized carbons (Fsp3) is 0.0714. The summed E-state index contributed by atoms with van der Waals surface area (Å²) in [6.07, 6.45) is 0.657. The first-order valence-corrected chi connectivity index (χ1v) is 6.39. The van der Waals surface area contributed by atoms with Gasteiger partial charge in [-0.25, -0.2) is 4.39 Å². The van der Waals surface area contributed by atoms with Crippen LogP contribution < -0.4 is 4.74 Å². The zero-order valence-corrected chi connectivity index (χ0v) is 11.6. The average molecular weight is 356 g/mol. The molecule has 0 radical (unpaired) electrons. The smallest absolute Gasteiger partial charge is 0.153 e. The van der Waals surface area contributed by atoms with Crippen LogP contribution in [0.25, 0.3) is 0 Å². The fourth-order valence-corrected chi connectivity index (χ4v) is 2.04. The van der Waals surface area contributed by atoms with Crippen molar-refractivity contribution in [2.24, 2.45) is 0 Å². The molecule has 0 bridgehead atoms. The minimum atomic E-state index is -0.418. The summed E-state index contributed by atoms with van der Waals surface area (Å²) < 4.78 is 19.7. The second-order valence-corrected chi connectivity index (χ2v) is 4.84. The van der Waals surface area contributed by atoms with Gasteiger partial charge >= 0.3 is 0 Å². The van der Waals surface area contributed by atoms with Crippen molar-refractivity contribution in [3.8, 4) is 5.75 Å². The molecule has 0 aliphatic carbocycles. The van der Waals surface area contributed by atoms with Gasteiger partial charge in [-0.2, -0.15) is 0 Å². The van der Waals surface area contributed by atoms with Gasteiger partial charge in [-0.3, -0.25) is 4.79 Å². The predicted molar refractivity (Wildman–Crippen MR) is 75.3 cm³/mol. The third-order valence-corrected chi connectivity index (χ3v) is 3.50. The lowest BCUT2D eigenvalue weighted by molar-refractivity contribution is 0.111. The number of halogens is 2. The maximum absolute atomic E-state index is 13.1. The molecule has 2 rings (SSSR count). The van der Waals surface area contributed by atoms with Crippen molar-refractivity contribution in [1.82, 2.24) is 0 Å². The van der Waals surface area contributed by atoms with Crippen LogP contribution in [0.4, 0.5) is 4.39 Å². The molecule has 2 aromatic carbocycles. The van der Waals surface area contributed by atoms with E-state index in [1.54, 1.807) is 0 Å². The summed E-state index contributed by atoms with van der Waals surface area (Å²) in [6, 6.07) is 11.6. The lowest BCUT2D eigenvalue weighted by Crippen LogP contribution is -2.00. The van der Waals surface area contributed by atoms with Crippen molar-refractivity contribution >= 4 is 28.9 Å². The molecule has 0 aliphatic heterocycles. The zero-order valence-electron chi connectivity index (χ0n) is 9.40. The monoisotopic (exact) mass is 356 g/mol. The zero-order chi connectivity index (χ0) is 13.0. The first-order valence-electron chi connectivity index (χ1n) is 5.31. The predicted octanol–water partition coefficient (Wildman–Crippen LogP) is 3.82. The highest BCUT2D eigenvalue weighted by molar-refractivity contribution is 14.1. The lowest BCUT2D eigenvalue weighted by atomic mass is 10.2. The van der Waals surface area contributed by atoms with E-state index in [2.05, 4.69) is 22.6 Å². The molecule has 2 nitrogen and oxygen atoms in total. The number of hydrogen-bond acceptors (Lipinski definition) is 2. The van der Waals surface area contributed by atoms with Crippen LogP contribution in [0.1, 0.15) is 15.9 Å². The molecule has 0 atom stereocenters. The standard InChI is InChI=1S/C14H10FIO2/c15-12-6-5-10(8-17)14(7-12)18-9-11-3-1-2-4-13(11)16/h1-8H,9H2. The van der Waals surface area contributed by atoms with E-state index in [9.17, 15) is 9.18 Å². The maximum Gasteiger partial charge on any atom is 0.153 e. The van der Waals surface area contributed by atoms with E-state index in [1.165, 1.54) is 18.2 Å². The first kappa shape index (κ1) is 13.0. The Labute approximate surface area is 118 Å². The van der Waals surface area contributed by atoms with E-state index < -0.39 is 5.82 Å². The van der Waals surface area contributed by atoms with E-state index in [0.29, 0.717) is 18.5 Å². The molecule has 0 saturated carbocycles. The maximum atomic E-state index is 13.1. The largest absolute Gasteiger partial charge is 0.488 e. The van der Waals surface area contributed by atoms with E-state index in [0.717, 1.165) is 9.13 Å². The molecule has 92 valence electrons. The summed E-state index contributed by atoms with van der Waals surface area (Å²) >= 11 is 2.20. The molecule has 4 heteroatoms. The quantitative estimate of drug-likeness (QED) is 0.615. The molecular weight excluding hydrogens is 346 g/mol. The Balaban J connectivity index is 2.18. The second-order valence-electron chi connectivity index (χ2n) is 3.68. The van der Waals surface area contributed by atoms with Gasteiger partial charge in [0.15, 0.2) is 6.29 Å². The van der Waals surface area contributed by atoms with Gasteiger partial charge in [0, 0.05) is 15.2 Å². The number of ether oxygens (including phenoxy) is 1. The Morgan fingerprint density at radius 1 is 1.22 bits per heavy atom. The van der Waals surface area contributed by atoms with Gasteiger partial charge in [-0.05, 0) is 40.8 Å². The number of rotatable bonds is 4. The van der Waals surface area contributed by atoms with Crippen LogP contribution >= 0.6 is 22.6 Å². The average Bonchev–Trinajstić information content (AvgIpc) is 2.38. The highest BCUT2D eigenvalue weighted by Gasteiger charge is 2.06. The Hall–Kier alpha value is -1.43. The van der Waals surface area contributed by atoms with E-state index in [-0.39, 0.29) is 5.75 Å². The van der Waals surface area contributed by atoms with Crippen LogP contribution in [0.3, 0.4) is 0 Å². The molecule has 2 aromatic rings. The van der Waals surface area contributed by atoms with E-state index in [1.807, 2.05) is 24.3 Å². The highest BCUT2D eigenvalue weighted by atomic mass is 127. The van der Waals surface area contributed by atoms with Crippen molar-refractivity contribution in [2.75, 3.05) is 0 Å². The molecule has 0 spiro atoms.